The van der Waals surface area contributed by atoms with Gasteiger partial charge >= 0.3 is 0 Å². The number of nitrogens with zero attached hydrogens (tertiary/aromatic N) is 1. The molecule has 1 aromatic heterocycles. The number of hydrogen-bond donors (Lipinski definition) is 0. The lowest BCUT2D eigenvalue weighted by molar-refractivity contribution is 0.662. The molecule has 0 spiro atoms. The minimum atomic E-state index is -0.0849. The first-order chi connectivity index (χ1) is 31.0. The fraction of sp³-hybridized carbons (Fsp3) is 0.0492. The lowest BCUT2D eigenvalue weighted by Gasteiger charge is -2.27. The van der Waals surface area contributed by atoms with Gasteiger partial charge in [0, 0.05) is 42.6 Å². The Kier molecular flexibility index (Phi) is 8.77. The molecule has 1 aliphatic carbocycles. The maximum Gasteiger partial charge on any atom is 0.0476 e. The van der Waals surface area contributed by atoms with E-state index in [1.54, 1.807) is 0 Å². The molecule has 1 aliphatic rings. The SMILES string of the molecule is CC1(C)c2ccccc2-c2cccc(-c3ccc(N(c4ccc(-c5ccc(-c6cccc(-c7ccc8ccccc8c7)c6)cc5)cc4)c4ccc5c(c4)sc4ccccc45)cc3)c21. The van der Waals surface area contributed by atoms with E-state index in [1.807, 2.05) is 11.3 Å². The molecule has 0 bridgehead atoms. The van der Waals surface area contributed by atoms with E-state index in [9.17, 15) is 0 Å². The van der Waals surface area contributed by atoms with Crippen LogP contribution in [0.3, 0.4) is 0 Å². The number of anilines is 3. The normalized spacial score (nSPS) is 12.7. The molecule has 0 atom stereocenters. The Morgan fingerprint density at radius 3 is 1.63 bits per heavy atom. The largest absolute Gasteiger partial charge is 0.310 e. The van der Waals surface area contributed by atoms with Crippen molar-refractivity contribution in [2.75, 3.05) is 4.90 Å². The van der Waals surface area contributed by atoms with Crippen LogP contribution in [0.4, 0.5) is 17.1 Å². The van der Waals surface area contributed by atoms with Gasteiger partial charge in [-0.3, -0.25) is 0 Å². The van der Waals surface area contributed by atoms with Crippen LogP contribution in [-0.4, -0.2) is 0 Å². The Hall–Kier alpha value is -7.52. The third kappa shape index (κ3) is 6.37. The van der Waals surface area contributed by atoms with Gasteiger partial charge in [0.15, 0.2) is 0 Å². The molecule has 12 rings (SSSR count). The molecule has 11 aromatic rings. The van der Waals surface area contributed by atoms with Crippen molar-refractivity contribution in [3.63, 3.8) is 0 Å². The lowest BCUT2D eigenvalue weighted by atomic mass is 9.79. The van der Waals surface area contributed by atoms with Crippen LogP contribution in [0.25, 0.3) is 86.6 Å². The first kappa shape index (κ1) is 37.3. The quantitative estimate of drug-likeness (QED) is 0.155. The first-order valence-corrected chi connectivity index (χ1v) is 22.6. The predicted molar refractivity (Wildman–Crippen MR) is 271 cm³/mol. The van der Waals surface area contributed by atoms with E-state index in [4.69, 9.17) is 0 Å². The van der Waals surface area contributed by atoms with Crippen LogP contribution in [-0.2, 0) is 5.41 Å². The van der Waals surface area contributed by atoms with Gasteiger partial charge in [-0.2, -0.15) is 0 Å². The summed E-state index contributed by atoms with van der Waals surface area (Å²) in [6.07, 6.45) is 0. The van der Waals surface area contributed by atoms with Crippen molar-refractivity contribution in [1.82, 2.24) is 0 Å². The van der Waals surface area contributed by atoms with Crippen LogP contribution < -0.4 is 4.90 Å². The molecule has 0 amide bonds. The summed E-state index contributed by atoms with van der Waals surface area (Å²) in [5.74, 6) is 0. The third-order valence-corrected chi connectivity index (χ3v) is 14.4. The van der Waals surface area contributed by atoms with Gasteiger partial charge in [0.05, 0.1) is 0 Å². The zero-order chi connectivity index (χ0) is 42.1. The zero-order valence-electron chi connectivity index (χ0n) is 35.2. The van der Waals surface area contributed by atoms with Crippen molar-refractivity contribution in [2.45, 2.75) is 19.3 Å². The van der Waals surface area contributed by atoms with Gasteiger partial charge in [-0.05, 0) is 132 Å². The van der Waals surface area contributed by atoms with Crippen molar-refractivity contribution >= 4 is 59.3 Å². The molecule has 0 saturated heterocycles. The van der Waals surface area contributed by atoms with Crippen LogP contribution in [0.5, 0.6) is 0 Å². The topological polar surface area (TPSA) is 3.24 Å². The second-order valence-corrected chi connectivity index (χ2v) is 18.4. The molecule has 0 saturated carbocycles. The van der Waals surface area contributed by atoms with Crippen molar-refractivity contribution < 1.29 is 0 Å². The lowest BCUT2D eigenvalue weighted by Crippen LogP contribution is -2.16. The van der Waals surface area contributed by atoms with E-state index in [2.05, 4.69) is 243 Å². The zero-order valence-corrected chi connectivity index (χ0v) is 36.0. The molecule has 0 N–H and O–H groups in total. The maximum absolute atomic E-state index is 2.40. The average Bonchev–Trinajstić information content (AvgIpc) is 3.83. The summed E-state index contributed by atoms with van der Waals surface area (Å²) in [6.45, 7) is 4.73. The second kappa shape index (κ2) is 14.8. The summed E-state index contributed by atoms with van der Waals surface area (Å²) in [6, 6.07) is 82.8. The van der Waals surface area contributed by atoms with Gasteiger partial charge < -0.3 is 4.90 Å². The van der Waals surface area contributed by atoms with Gasteiger partial charge in [-0.1, -0.05) is 184 Å². The van der Waals surface area contributed by atoms with Gasteiger partial charge in [-0.25, -0.2) is 0 Å². The van der Waals surface area contributed by atoms with E-state index in [0.717, 1.165) is 17.1 Å². The van der Waals surface area contributed by atoms with Gasteiger partial charge in [0.25, 0.3) is 0 Å². The molecule has 0 fully saturated rings. The molecule has 298 valence electrons. The fourth-order valence-electron chi connectivity index (χ4n) is 10.1. The van der Waals surface area contributed by atoms with Crippen LogP contribution in [0.1, 0.15) is 25.0 Å². The maximum atomic E-state index is 2.40. The number of hydrogen-bond acceptors (Lipinski definition) is 2. The molecule has 2 heteroatoms. The van der Waals surface area contributed by atoms with E-state index in [1.165, 1.54) is 97.7 Å². The van der Waals surface area contributed by atoms with E-state index in [-0.39, 0.29) is 5.41 Å². The number of fused-ring (bicyclic) bond motifs is 7. The van der Waals surface area contributed by atoms with Crippen molar-refractivity contribution in [3.8, 4) is 55.6 Å². The molecular formula is C61H43NS. The van der Waals surface area contributed by atoms with Crippen LogP contribution in [0, 0.1) is 0 Å². The summed E-state index contributed by atoms with van der Waals surface area (Å²) in [5, 5.41) is 5.14. The Labute approximate surface area is 372 Å². The van der Waals surface area contributed by atoms with Gasteiger partial charge in [0.1, 0.15) is 0 Å². The van der Waals surface area contributed by atoms with Crippen LogP contribution >= 0.6 is 11.3 Å². The highest BCUT2D eigenvalue weighted by atomic mass is 32.1. The molecule has 0 unspecified atom stereocenters. The predicted octanol–water partition coefficient (Wildman–Crippen LogP) is 17.7. The summed E-state index contributed by atoms with van der Waals surface area (Å²) in [4.78, 5) is 2.40. The van der Waals surface area contributed by atoms with E-state index >= 15 is 0 Å². The monoisotopic (exact) mass is 821 g/mol. The summed E-state index contributed by atoms with van der Waals surface area (Å²) >= 11 is 1.86. The minimum absolute atomic E-state index is 0.0849. The summed E-state index contributed by atoms with van der Waals surface area (Å²) in [7, 11) is 0. The Morgan fingerprint density at radius 2 is 0.857 bits per heavy atom. The fourth-order valence-corrected chi connectivity index (χ4v) is 11.2. The first-order valence-electron chi connectivity index (χ1n) is 21.8. The highest BCUT2D eigenvalue weighted by Crippen LogP contribution is 2.52. The van der Waals surface area contributed by atoms with Crippen LogP contribution in [0.2, 0.25) is 0 Å². The van der Waals surface area contributed by atoms with E-state index < -0.39 is 0 Å². The van der Waals surface area contributed by atoms with Gasteiger partial charge in [0.2, 0.25) is 0 Å². The Bertz CT molecular complexity index is 3520. The Balaban J connectivity index is 0.879. The molecule has 1 nitrogen and oxygen atoms in total. The highest BCUT2D eigenvalue weighted by molar-refractivity contribution is 7.25. The van der Waals surface area contributed by atoms with Crippen molar-refractivity contribution in [3.05, 3.63) is 236 Å². The average molecular weight is 822 g/mol. The molecular weight excluding hydrogens is 779 g/mol. The van der Waals surface area contributed by atoms with Gasteiger partial charge in [-0.15, -0.1) is 11.3 Å². The molecule has 63 heavy (non-hydrogen) atoms. The number of rotatable bonds is 7. The molecule has 1 heterocycles. The van der Waals surface area contributed by atoms with Crippen molar-refractivity contribution in [1.29, 1.82) is 0 Å². The molecule has 0 radical (unpaired) electrons. The summed E-state index contributed by atoms with van der Waals surface area (Å²) in [5.41, 5.74) is 18.6. The van der Waals surface area contributed by atoms with Crippen LogP contribution in [0.15, 0.2) is 224 Å². The molecule has 0 aliphatic heterocycles. The highest BCUT2D eigenvalue weighted by Gasteiger charge is 2.37. The summed E-state index contributed by atoms with van der Waals surface area (Å²) < 4.78 is 2.60. The molecule has 10 aromatic carbocycles. The second-order valence-electron chi connectivity index (χ2n) is 17.3. The van der Waals surface area contributed by atoms with E-state index in [0.29, 0.717) is 0 Å². The standard InChI is InChI=1S/C61H43NS/c1-61(2)57-19-7-5-15-53(57)56-18-10-17-52(60(56)61)44-29-33-50(34-30-44)62(51-35-36-55-54-16-6-8-20-58(54)63-59(55)39-51)49-31-27-42(28-32-49)41-21-23-43(24-22-41)46-13-9-14-47(37-46)48-26-25-40-11-3-4-12-45(40)38-48/h3-39H,1-2H3. The minimum Gasteiger partial charge on any atom is -0.310 e. The third-order valence-electron chi connectivity index (χ3n) is 13.3. The number of benzene rings is 10. The Morgan fingerprint density at radius 1 is 0.333 bits per heavy atom. The van der Waals surface area contributed by atoms with Crippen molar-refractivity contribution in [2.24, 2.45) is 0 Å². The number of thiophene rings is 1. The smallest absolute Gasteiger partial charge is 0.0476 e.